The van der Waals surface area contributed by atoms with Crippen molar-refractivity contribution < 1.29 is 14.7 Å². The molecule has 4 atom stereocenters. The van der Waals surface area contributed by atoms with E-state index >= 15 is 0 Å². The molecule has 0 N–H and O–H groups in total. The third-order valence-corrected chi connectivity index (χ3v) is 3.28. The van der Waals surface area contributed by atoms with Gasteiger partial charge in [0, 0.05) is 22.9 Å². The van der Waals surface area contributed by atoms with Gasteiger partial charge in [-0.25, -0.2) is 0 Å². The number of carbonyl (C=O) groups is 2. The second kappa shape index (κ2) is 2.80. The monoisotopic (exact) mass is 196 g/mol. The first-order chi connectivity index (χ1) is 6.11. The maximum atomic E-state index is 11.0. The number of hydrogen-bond donors (Lipinski definition) is 0. The maximum absolute atomic E-state index is 11.0. The van der Waals surface area contributed by atoms with Gasteiger partial charge < -0.3 is 27.3 Å². The van der Waals surface area contributed by atoms with E-state index in [1.165, 1.54) is 0 Å². The van der Waals surface area contributed by atoms with Crippen LogP contribution < -0.4 is 5.11 Å². The first-order valence-electron chi connectivity index (χ1n) is 4.21. The first kappa shape index (κ1) is 8.69. The Hall–Kier alpha value is -0.900. The Kier molecular flexibility index (Phi) is 1.87. The quantitative estimate of drug-likeness (QED) is 0.430. The molecular weight excluding hydrogens is 188 g/mol. The van der Waals surface area contributed by atoms with Crippen LogP contribution in [0.2, 0.25) is 0 Å². The molecule has 0 aromatic carbocycles. The summed E-state index contributed by atoms with van der Waals surface area (Å²) in [5, 5.41) is 10.3. The fourth-order valence-corrected chi connectivity index (χ4v) is 2.79. The average molecular weight is 196 g/mol. The summed E-state index contributed by atoms with van der Waals surface area (Å²) < 4.78 is 0. The molecule has 0 saturated heterocycles. The van der Waals surface area contributed by atoms with Crippen LogP contribution in [-0.2, 0) is 22.2 Å². The molecule has 0 amide bonds. The lowest BCUT2D eigenvalue weighted by molar-refractivity contribution is -0.313. The van der Waals surface area contributed by atoms with Crippen molar-refractivity contribution in [3.05, 3.63) is 12.2 Å². The molecule has 13 heavy (non-hydrogen) atoms. The van der Waals surface area contributed by atoms with Crippen molar-refractivity contribution in [1.82, 2.24) is 0 Å². The molecule has 1 fully saturated rings. The minimum absolute atomic E-state index is 0.0353. The third kappa shape index (κ3) is 1.16. The summed E-state index contributed by atoms with van der Waals surface area (Å²) in [6.07, 6.45) is 4.50. The van der Waals surface area contributed by atoms with Gasteiger partial charge in [-0.1, -0.05) is 12.2 Å². The van der Waals surface area contributed by atoms with Crippen LogP contribution in [0.25, 0.3) is 0 Å². The zero-order chi connectivity index (χ0) is 9.59. The predicted molar refractivity (Wildman–Crippen MR) is 45.1 cm³/mol. The van der Waals surface area contributed by atoms with Gasteiger partial charge in [0.15, 0.2) is 0 Å². The van der Waals surface area contributed by atoms with Gasteiger partial charge in [0.25, 0.3) is 0 Å². The SMILES string of the molecule is O=C([S-])[C@@H]1[C@H](C(=O)[O-])[C@H]2C=C[C@@H]1C2. The molecule has 0 aromatic heterocycles. The van der Waals surface area contributed by atoms with Gasteiger partial charge >= 0.3 is 0 Å². The molecule has 0 radical (unpaired) electrons. The van der Waals surface area contributed by atoms with Crippen LogP contribution in [-0.4, -0.2) is 11.1 Å². The Morgan fingerprint density at radius 2 is 1.77 bits per heavy atom. The van der Waals surface area contributed by atoms with Gasteiger partial charge in [-0.2, -0.15) is 0 Å². The van der Waals surface area contributed by atoms with Gasteiger partial charge in [0.1, 0.15) is 0 Å². The molecular formula is C9H8O3S-2. The van der Waals surface area contributed by atoms with E-state index in [2.05, 4.69) is 12.6 Å². The van der Waals surface area contributed by atoms with Crippen LogP contribution in [0, 0.1) is 23.7 Å². The van der Waals surface area contributed by atoms with Crippen LogP contribution in [0.5, 0.6) is 0 Å². The number of rotatable bonds is 2. The number of carboxylic acids is 1. The Morgan fingerprint density at radius 3 is 2.15 bits per heavy atom. The Morgan fingerprint density at radius 1 is 1.23 bits per heavy atom. The summed E-state index contributed by atoms with van der Waals surface area (Å²) in [6, 6.07) is 0. The van der Waals surface area contributed by atoms with E-state index in [0.29, 0.717) is 0 Å². The summed E-state index contributed by atoms with van der Waals surface area (Å²) >= 11 is 4.54. The lowest BCUT2D eigenvalue weighted by Gasteiger charge is -2.30. The van der Waals surface area contributed by atoms with E-state index in [1.807, 2.05) is 12.2 Å². The molecule has 0 aromatic rings. The van der Waals surface area contributed by atoms with Gasteiger partial charge in [-0.3, -0.25) is 0 Å². The third-order valence-electron chi connectivity index (χ3n) is 3.00. The van der Waals surface area contributed by atoms with Crippen LogP contribution in [0.1, 0.15) is 6.42 Å². The highest BCUT2D eigenvalue weighted by Gasteiger charge is 2.45. The minimum Gasteiger partial charge on any atom is -0.742 e. The summed E-state index contributed by atoms with van der Waals surface area (Å²) in [4.78, 5) is 21.8. The van der Waals surface area contributed by atoms with Gasteiger partial charge in [-0.05, 0) is 18.3 Å². The van der Waals surface area contributed by atoms with Crippen molar-refractivity contribution in [2.24, 2.45) is 23.7 Å². The van der Waals surface area contributed by atoms with E-state index in [9.17, 15) is 14.7 Å². The zero-order valence-electron chi connectivity index (χ0n) is 6.80. The molecule has 2 aliphatic rings. The number of hydrogen-bond acceptors (Lipinski definition) is 4. The Labute approximate surface area is 81.2 Å². The van der Waals surface area contributed by atoms with Crippen LogP contribution in [0.4, 0.5) is 0 Å². The van der Waals surface area contributed by atoms with Crippen molar-refractivity contribution in [2.45, 2.75) is 6.42 Å². The number of carbonyl (C=O) groups excluding carboxylic acids is 2. The average Bonchev–Trinajstić information content (AvgIpc) is 2.60. The Bertz CT molecular complexity index is 269. The highest BCUT2D eigenvalue weighted by atomic mass is 32.1. The van der Waals surface area contributed by atoms with Crippen LogP contribution >= 0.6 is 0 Å². The van der Waals surface area contributed by atoms with Gasteiger partial charge in [-0.15, -0.1) is 0 Å². The van der Waals surface area contributed by atoms with E-state index in [1.54, 1.807) is 0 Å². The lowest BCUT2D eigenvalue weighted by atomic mass is 9.84. The minimum atomic E-state index is -1.14. The van der Waals surface area contributed by atoms with E-state index in [-0.39, 0.29) is 11.8 Å². The molecule has 0 heterocycles. The van der Waals surface area contributed by atoms with Crippen molar-refractivity contribution >= 4 is 23.7 Å². The molecule has 0 spiro atoms. The Balaban J connectivity index is 2.30. The predicted octanol–water partition coefficient (Wildman–Crippen LogP) is -0.752. The topological polar surface area (TPSA) is 57.2 Å². The van der Waals surface area contributed by atoms with Crippen molar-refractivity contribution in [3.8, 4) is 0 Å². The van der Waals surface area contributed by atoms with Crippen molar-refractivity contribution in [2.75, 3.05) is 0 Å². The van der Waals surface area contributed by atoms with E-state index in [4.69, 9.17) is 0 Å². The summed E-state index contributed by atoms with van der Waals surface area (Å²) in [7, 11) is 0. The van der Waals surface area contributed by atoms with Crippen molar-refractivity contribution in [1.29, 1.82) is 0 Å². The molecule has 4 heteroatoms. The maximum Gasteiger partial charge on any atom is 0.0457 e. The zero-order valence-corrected chi connectivity index (χ0v) is 7.62. The number of fused-ring (bicyclic) bond motifs is 2. The molecule has 2 bridgehead atoms. The highest BCUT2D eigenvalue weighted by molar-refractivity contribution is 7.77. The molecule has 2 aliphatic carbocycles. The first-order valence-corrected chi connectivity index (χ1v) is 4.62. The second-order valence-electron chi connectivity index (χ2n) is 3.64. The number of aliphatic carboxylic acids is 1. The summed E-state index contributed by atoms with van der Waals surface area (Å²) in [6.45, 7) is 0. The van der Waals surface area contributed by atoms with Gasteiger partial charge in [0.2, 0.25) is 0 Å². The summed E-state index contributed by atoms with van der Waals surface area (Å²) in [5.74, 6) is -2.33. The van der Waals surface area contributed by atoms with Gasteiger partial charge in [0.05, 0.1) is 0 Å². The van der Waals surface area contributed by atoms with E-state index < -0.39 is 22.9 Å². The van der Waals surface area contributed by atoms with Crippen LogP contribution in [0.3, 0.4) is 0 Å². The number of allylic oxidation sites excluding steroid dienone is 2. The lowest BCUT2D eigenvalue weighted by Crippen LogP contribution is -2.40. The smallest absolute Gasteiger partial charge is 0.0457 e. The molecule has 3 nitrogen and oxygen atoms in total. The fourth-order valence-electron chi connectivity index (χ4n) is 2.46. The van der Waals surface area contributed by atoms with E-state index in [0.717, 1.165) is 6.42 Å². The fraction of sp³-hybridized carbons (Fsp3) is 0.556. The molecule has 0 unspecified atom stereocenters. The van der Waals surface area contributed by atoms with Crippen molar-refractivity contribution in [3.63, 3.8) is 0 Å². The normalized spacial score (nSPS) is 40.9. The van der Waals surface area contributed by atoms with Crippen LogP contribution in [0.15, 0.2) is 12.2 Å². The molecule has 70 valence electrons. The standard InChI is InChI=1S/C9H10O3S/c10-8(11)6-4-1-2-5(3-4)7(6)9(12)13/h1-2,4-7H,3H2,(H,10,11)(H,12,13)/p-2/t4-,5+,6+,7-/m0/s1. The second-order valence-corrected chi connectivity index (χ2v) is 4.04. The summed E-state index contributed by atoms with van der Waals surface area (Å²) in [5.41, 5.74) is 0. The largest absolute Gasteiger partial charge is 0.742 e. The number of carboxylic acid groups (broad SMARTS) is 1. The molecule has 2 rings (SSSR count). The highest BCUT2D eigenvalue weighted by Crippen LogP contribution is 2.47. The molecule has 0 aliphatic heterocycles. The molecule has 1 saturated carbocycles.